The second-order valence-electron chi connectivity index (χ2n) is 3.77. The molecule has 1 N–H and O–H groups in total. The molecule has 80 valence electrons. The van der Waals surface area contributed by atoms with Gasteiger partial charge in [0.25, 0.3) is 5.91 Å². The van der Waals surface area contributed by atoms with Crippen molar-refractivity contribution in [2.75, 3.05) is 20.1 Å². The Bertz CT molecular complexity index is 339. The molecule has 1 fully saturated rings. The maximum Gasteiger partial charge on any atom is 0.255 e. The lowest BCUT2D eigenvalue weighted by molar-refractivity contribution is 0.0789. The fourth-order valence-electron chi connectivity index (χ4n) is 1.85. The van der Waals surface area contributed by atoms with Crippen LogP contribution in [0.25, 0.3) is 0 Å². The van der Waals surface area contributed by atoms with E-state index in [1.54, 1.807) is 18.5 Å². The molecule has 1 atom stereocenters. The Hall–Kier alpha value is -1.42. The monoisotopic (exact) mass is 205 g/mol. The van der Waals surface area contributed by atoms with Crippen molar-refractivity contribution in [3.8, 4) is 0 Å². The maximum absolute atomic E-state index is 12.0. The molecule has 1 aromatic heterocycles. The summed E-state index contributed by atoms with van der Waals surface area (Å²) in [6, 6.07) is 4.03. The van der Waals surface area contributed by atoms with Gasteiger partial charge in [0.05, 0.1) is 5.56 Å². The number of nitrogens with one attached hydrogen (secondary N) is 1. The zero-order valence-electron chi connectivity index (χ0n) is 8.81. The SMILES string of the molecule is CNC1CCN(C(=O)c2cccnc2)C1. The Morgan fingerprint density at radius 1 is 1.67 bits per heavy atom. The van der Waals surface area contributed by atoms with Gasteiger partial charge in [0.1, 0.15) is 0 Å². The fourth-order valence-corrected chi connectivity index (χ4v) is 1.85. The number of amides is 1. The molecule has 0 aliphatic carbocycles. The predicted molar refractivity (Wildman–Crippen MR) is 57.6 cm³/mol. The lowest BCUT2D eigenvalue weighted by atomic mass is 10.2. The third-order valence-corrected chi connectivity index (χ3v) is 2.79. The van der Waals surface area contributed by atoms with Gasteiger partial charge in [-0.25, -0.2) is 0 Å². The molecule has 15 heavy (non-hydrogen) atoms. The second kappa shape index (κ2) is 4.40. The Labute approximate surface area is 89.3 Å². The van der Waals surface area contributed by atoms with Gasteiger partial charge in [0.15, 0.2) is 0 Å². The molecule has 2 rings (SSSR count). The number of likely N-dealkylation sites (N-methyl/N-ethyl adjacent to an activating group) is 1. The topological polar surface area (TPSA) is 45.2 Å². The molecule has 4 nitrogen and oxygen atoms in total. The van der Waals surface area contributed by atoms with Gasteiger partial charge in [0, 0.05) is 31.5 Å². The molecule has 1 aliphatic heterocycles. The highest BCUT2D eigenvalue weighted by atomic mass is 16.2. The van der Waals surface area contributed by atoms with Crippen LogP contribution in [0.2, 0.25) is 0 Å². The van der Waals surface area contributed by atoms with Crippen LogP contribution in [0.15, 0.2) is 24.5 Å². The Balaban J connectivity index is 2.04. The van der Waals surface area contributed by atoms with Crippen molar-refractivity contribution in [2.45, 2.75) is 12.5 Å². The van der Waals surface area contributed by atoms with Gasteiger partial charge >= 0.3 is 0 Å². The van der Waals surface area contributed by atoms with Crippen LogP contribution in [0.4, 0.5) is 0 Å². The summed E-state index contributed by atoms with van der Waals surface area (Å²) in [6.07, 6.45) is 4.33. The quantitative estimate of drug-likeness (QED) is 0.765. The fraction of sp³-hybridized carbons (Fsp3) is 0.455. The highest BCUT2D eigenvalue weighted by Gasteiger charge is 2.25. The minimum Gasteiger partial charge on any atom is -0.337 e. The maximum atomic E-state index is 12.0. The molecular weight excluding hydrogens is 190 g/mol. The van der Waals surface area contributed by atoms with Crippen LogP contribution >= 0.6 is 0 Å². The first kappa shape index (κ1) is 10.1. The van der Waals surface area contributed by atoms with Crippen molar-refractivity contribution in [2.24, 2.45) is 0 Å². The van der Waals surface area contributed by atoms with Crippen LogP contribution in [0.5, 0.6) is 0 Å². The van der Waals surface area contributed by atoms with E-state index in [2.05, 4.69) is 10.3 Å². The van der Waals surface area contributed by atoms with E-state index in [1.165, 1.54) is 0 Å². The molecule has 1 unspecified atom stereocenters. The lowest BCUT2D eigenvalue weighted by Gasteiger charge is -2.15. The molecule has 0 aromatic carbocycles. The van der Waals surface area contributed by atoms with Crippen molar-refractivity contribution in [3.63, 3.8) is 0 Å². The third-order valence-electron chi connectivity index (χ3n) is 2.79. The molecule has 0 saturated carbocycles. The van der Waals surface area contributed by atoms with E-state index in [1.807, 2.05) is 18.0 Å². The first-order chi connectivity index (χ1) is 7.31. The summed E-state index contributed by atoms with van der Waals surface area (Å²) in [5.41, 5.74) is 0.675. The number of pyridine rings is 1. The Kier molecular flexibility index (Phi) is 2.97. The number of hydrogen-bond donors (Lipinski definition) is 1. The van der Waals surface area contributed by atoms with Gasteiger partial charge in [-0.1, -0.05) is 0 Å². The highest BCUT2D eigenvalue weighted by Crippen LogP contribution is 2.12. The summed E-state index contributed by atoms with van der Waals surface area (Å²) < 4.78 is 0. The van der Waals surface area contributed by atoms with E-state index in [-0.39, 0.29) is 5.91 Å². The normalized spacial score (nSPS) is 20.6. The average Bonchev–Trinajstić information content (AvgIpc) is 2.78. The molecule has 4 heteroatoms. The molecular formula is C11H15N3O. The van der Waals surface area contributed by atoms with Crippen molar-refractivity contribution in [3.05, 3.63) is 30.1 Å². The number of carbonyl (C=O) groups excluding carboxylic acids is 1. The van der Waals surface area contributed by atoms with Gasteiger partial charge in [0.2, 0.25) is 0 Å². The smallest absolute Gasteiger partial charge is 0.255 e. The molecule has 2 heterocycles. The molecule has 0 spiro atoms. The number of hydrogen-bond acceptors (Lipinski definition) is 3. The molecule has 0 radical (unpaired) electrons. The largest absolute Gasteiger partial charge is 0.337 e. The number of carbonyl (C=O) groups is 1. The number of rotatable bonds is 2. The van der Waals surface area contributed by atoms with Gasteiger partial charge in [-0.05, 0) is 25.6 Å². The van der Waals surface area contributed by atoms with Crippen LogP contribution in [0.1, 0.15) is 16.8 Å². The standard InChI is InChI=1S/C11H15N3O/c1-12-10-4-6-14(8-10)11(15)9-3-2-5-13-7-9/h2-3,5,7,10,12H,4,6,8H2,1H3. The summed E-state index contributed by atoms with van der Waals surface area (Å²) in [4.78, 5) is 17.8. The number of likely N-dealkylation sites (tertiary alicyclic amines) is 1. The van der Waals surface area contributed by atoms with E-state index in [9.17, 15) is 4.79 Å². The highest BCUT2D eigenvalue weighted by molar-refractivity contribution is 5.94. The second-order valence-corrected chi connectivity index (χ2v) is 3.77. The number of aromatic nitrogens is 1. The Morgan fingerprint density at radius 3 is 3.13 bits per heavy atom. The lowest BCUT2D eigenvalue weighted by Crippen LogP contribution is -2.33. The Morgan fingerprint density at radius 2 is 2.53 bits per heavy atom. The van der Waals surface area contributed by atoms with Crippen LogP contribution in [0.3, 0.4) is 0 Å². The summed E-state index contributed by atoms with van der Waals surface area (Å²) in [7, 11) is 1.93. The third kappa shape index (κ3) is 2.15. The van der Waals surface area contributed by atoms with Crippen LogP contribution in [-0.4, -0.2) is 42.0 Å². The van der Waals surface area contributed by atoms with Gasteiger partial charge < -0.3 is 10.2 Å². The molecule has 1 amide bonds. The van der Waals surface area contributed by atoms with Gasteiger partial charge in [-0.3, -0.25) is 9.78 Å². The number of nitrogens with zero attached hydrogens (tertiary/aromatic N) is 2. The van der Waals surface area contributed by atoms with Crippen molar-refractivity contribution in [1.82, 2.24) is 15.2 Å². The zero-order valence-corrected chi connectivity index (χ0v) is 8.81. The van der Waals surface area contributed by atoms with Gasteiger partial charge in [-0.2, -0.15) is 0 Å². The van der Waals surface area contributed by atoms with E-state index in [0.29, 0.717) is 11.6 Å². The van der Waals surface area contributed by atoms with Crippen LogP contribution in [-0.2, 0) is 0 Å². The van der Waals surface area contributed by atoms with E-state index in [4.69, 9.17) is 0 Å². The van der Waals surface area contributed by atoms with E-state index >= 15 is 0 Å². The molecule has 1 saturated heterocycles. The predicted octanol–water partition coefficient (Wildman–Crippen LogP) is 0.515. The minimum atomic E-state index is 0.0841. The van der Waals surface area contributed by atoms with E-state index in [0.717, 1.165) is 19.5 Å². The first-order valence-electron chi connectivity index (χ1n) is 5.18. The first-order valence-corrected chi connectivity index (χ1v) is 5.18. The zero-order chi connectivity index (χ0) is 10.7. The summed E-state index contributed by atoms with van der Waals surface area (Å²) in [5.74, 6) is 0.0841. The summed E-state index contributed by atoms with van der Waals surface area (Å²) in [5, 5.41) is 3.19. The molecule has 1 aliphatic rings. The average molecular weight is 205 g/mol. The van der Waals surface area contributed by atoms with Gasteiger partial charge in [-0.15, -0.1) is 0 Å². The van der Waals surface area contributed by atoms with Crippen molar-refractivity contribution >= 4 is 5.91 Å². The van der Waals surface area contributed by atoms with Crippen LogP contribution < -0.4 is 5.32 Å². The van der Waals surface area contributed by atoms with Crippen molar-refractivity contribution < 1.29 is 4.79 Å². The van der Waals surface area contributed by atoms with E-state index < -0.39 is 0 Å². The van der Waals surface area contributed by atoms with Crippen LogP contribution in [0, 0.1) is 0 Å². The van der Waals surface area contributed by atoms with Crippen molar-refractivity contribution in [1.29, 1.82) is 0 Å². The minimum absolute atomic E-state index is 0.0841. The summed E-state index contributed by atoms with van der Waals surface area (Å²) >= 11 is 0. The summed E-state index contributed by atoms with van der Waals surface area (Å²) in [6.45, 7) is 1.63. The molecule has 0 bridgehead atoms. The molecule has 1 aromatic rings.